The zero-order valence-electron chi connectivity index (χ0n) is 14.7. The molecule has 0 aliphatic carbocycles. The van der Waals surface area contributed by atoms with Gasteiger partial charge in [0.05, 0.1) is 5.92 Å². The Kier molecular flexibility index (Phi) is 4.35. The van der Waals surface area contributed by atoms with Gasteiger partial charge in [0.25, 0.3) is 5.91 Å². The molecule has 1 aromatic heterocycles. The van der Waals surface area contributed by atoms with Gasteiger partial charge in [-0.3, -0.25) is 9.59 Å². The van der Waals surface area contributed by atoms with Gasteiger partial charge in [-0.25, -0.2) is 9.37 Å². The lowest BCUT2D eigenvalue weighted by Gasteiger charge is -2.16. The van der Waals surface area contributed by atoms with Crippen molar-refractivity contribution in [2.45, 2.75) is 6.42 Å². The highest BCUT2D eigenvalue weighted by Gasteiger charge is 2.31. The van der Waals surface area contributed by atoms with Crippen LogP contribution in [-0.4, -0.2) is 41.8 Å². The summed E-state index contributed by atoms with van der Waals surface area (Å²) in [5.41, 5.74) is 2.07. The number of aromatic nitrogens is 1. The summed E-state index contributed by atoms with van der Waals surface area (Å²) in [6.45, 7) is 0.951. The average Bonchev–Trinajstić information content (AvgIpc) is 3.33. The SMILES string of the molecule is CNC(=O)[C@@H]1CCN(C(=O)c2ccc3oc(-c4cccc(F)c4)nc3c2)C1. The summed E-state index contributed by atoms with van der Waals surface area (Å²) in [5, 5.41) is 2.63. The molecular weight excluding hydrogens is 349 g/mol. The Bertz CT molecular complexity index is 1030. The third-order valence-electron chi connectivity index (χ3n) is 4.80. The van der Waals surface area contributed by atoms with Gasteiger partial charge in [-0.1, -0.05) is 6.07 Å². The second-order valence-electron chi connectivity index (χ2n) is 6.56. The summed E-state index contributed by atoms with van der Waals surface area (Å²) in [7, 11) is 1.60. The molecule has 7 heteroatoms. The second kappa shape index (κ2) is 6.83. The second-order valence-corrected chi connectivity index (χ2v) is 6.56. The summed E-state index contributed by atoms with van der Waals surface area (Å²) < 4.78 is 19.1. The van der Waals surface area contributed by atoms with Crippen molar-refractivity contribution in [1.29, 1.82) is 0 Å². The van der Waals surface area contributed by atoms with Crippen LogP contribution in [0.1, 0.15) is 16.8 Å². The quantitative estimate of drug-likeness (QED) is 0.772. The summed E-state index contributed by atoms with van der Waals surface area (Å²) >= 11 is 0. The Morgan fingerprint density at radius 2 is 2.11 bits per heavy atom. The van der Waals surface area contributed by atoms with E-state index in [1.807, 2.05) is 0 Å². The highest BCUT2D eigenvalue weighted by molar-refractivity contribution is 5.98. The molecule has 6 nitrogen and oxygen atoms in total. The normalized spacial score (nSPS) is 16.7. The molecule has 2 aromatic carbocycles. The number of carbonyl (C=O) groups is 2. The van der Waals surface area contributed by atoms with Crippen LogP contribution in [0.3, 0.4) is 0 Å². The smallest absolute Gasteiger partial charge is 0.253 e. The van der Waals surface area contributed by atoms with Crippen molar-refractivity contribution in [3.8, 4) is 11.5 Å². The topological polar surface area (TPSA) is 75.4 Å². The van der Waals surface area contributed by atoms with Crippen LogP contribution < -0.4 is 5.32 Å². The molecule has 2 amide bonds. The number of fused-ring (bicyclic) bond motifs is 1. The van der Waals surface area contributed by atoms with E-state index >= 15 is 0 Å². The average molecular weight is 367 g/mol. The molecule has 1 atom stereocenters. The van der Waals surface area contributed by atoms with Crippen molar-refractivity contribution in [2.24, 2.45) is 5.92 Å². The van der Waals surface area contributed by atoms with E-state index in [2.05, 4.69) is 10.3 Å². The predicted molar refractivity (Wildman–Crippen MR) is 97.5 cm³/mol. The van der Waals surface area contributed by atoms with Crippen LogP contribution in [0.25, 0.3) is 22.6 Å². The van der Waals surface area contributed by atoms with Crippen LogP contribution in [-0.2, 0) is 4.79 Å². The maximum atomic E-state index is 13.4. The third kappa shape index (κ3) is 3.28. The van der Waals surface area contributed by atoms with E-state index in [1.54, 1.807) is 42.3 Å². The summed E-state index contributed by atoms with van der Waals surface area (Å²) in [6.07, 6.45) is 0.654. The number of nitrogens with one attached hydrogen (secondary N) is 1. The Morgan fingerprint density at radius 3 is 2.89 bits per heavy atom. The number of oxazole rings is 1. The number of amides is 2. The van der Waals surface area contributed by atoms with Crippen molar-refractivity contribution in [3.63, 3.8) is 0 Å². The predicted octanol–water partition coefficient (Wildman–Crippen LogP) is 2.84. The first-order chi connectivity index (χ1) is 13.0. The Hall–Kier alpha value is -3.22. The largest absolute Gasteiger partial charge is 0.436 e. The molecule has 0 bridgehead atoms. The van der Waals surface area contributed by atoms with E-state index in [0.29, 0.717) is 47.6 Å². The zero-order chi connectivity index (χ0) is 19.0. The molecular formula is C20H18FN3O3. The highest BCUT2D eigenvalue weighted by Crippen LogP contribution is 2.26. The molecule has 1 N–H and O–H groups in total. The van der Waals surface area contributed by atoms with Crippen LogP contribution >= 0.6 is 0 Å². The lowest BCUT2D eigenvalue weighted by atomic mass is 10.1. The molecule has 1 fully saturated rings. The zero-order valence-corrected chi connectivity index (χ0v) is 14.7. The maximum absolute atomic E-state index is 13.4. The van der Waals surface area contributed by atoms with Gasteiger partial charge in [0, 0.05) is 31.3 Å². The van der Waals surface area contributed by atoms with Crippen LogP contribution in [0.15, 0.2) is 46.9 Å². The number of nitrogens with zero attached hydrogens (tertiary/aromatic N) is 2. The first-order valence-corrected chi connectivity index (χ1v) is 8.72. The van der Waals surface area contributed by atoms with E-state index in [-0.39, 0.29) is 23.5 Å². The van der Waals surface area contributed by atoms with Crippen molar-refractivity contribution >= 4 is 22.9 Å². The molecule has 1 saturated heterocycles. The molecule has 3 aromatic rings. The molecule has 138 valence electrons. The van der Waals surface area contributed by atoms with E-state index < -0.39 is 0 Å². The number of carbonyl (C=O) groups excluding carboxylic acids is 2. The van der Waals surface area contributed by atoms with Gasteiger partial charge < -0.3 is 14.6 Å². The number of halogens is 1. The van der Waals surface area contributed by atoms with Gasteiger partial charge in [0.2, 0.25) is 11.8 Å². The van der Waals surface area contributed by atoms with Gasteiger partial charge in [-0.15, -0.1) is 0 Å². The number of likely N-dealkylation sites (tertiary alicyclic amines) is 1. The van der Waals surface area contributed by atoms with Crippen molar-refractivity contribution in [1.82, 2.24) is 15.2 Å². The third-order valence-corrected chi connectivity index (χ3v) is 4.80. The molecule has 0 spiro atoms. The molecule has 27 heavy (non-hydrogen) atoms. The van der Waals surface area contributed by atoms with E-state index in [1.165, 1.54) is 12.1 Å². The minimum atomic E-state index is -0.370. The Balaban J connectivity index is 1.58. The Labute approximate surface area is 155 Å². The minimum Gasteiger partial charge on any atom is -0.436 e. The monoisotopic (exact) mass is 367 g/mol. The molecule has 2 heterocycles. The van der Waals surface area contributed by atoms with Gasteiger partial charge >= 0.3 is 0 Å². The summed E-state index contributed by atoms with van der Waals surface area (Å²) in [6, 6.07) is 11.0. The Morgan fingerprint density at radius 1 is 1.26 bits per heavy atom. The molecule has 4 rings (SSSR count). The lowest BCUT2D eigenvalue weighted by molar-refractivity contribution is -0.124. The van der Waals surface area contributed by atoms with Crippen LogP contribution in [0, 0.1) is 11.7 Å². The molecule has 1 aliphatic heterocycles. The number of benzene rings is 2. The fourth-order valence-corrected chi connectivity index (χ4v) is 3.35. The molecule has 0 saturated carbocycles. The van der Waals surface area contributed by atoms with Crippen molar-refractivity contribution in [2.75, 3.05) is 20.1 Å². The van der Waals surface area contributed by atoms with Crippen molar-refractivity contribution in [3.05, 3.63) is 53.8 Å². The van der Waals surface area contributed by atoms with E-state index in [4.69, 9.17) is 4.42 Å². The first-order valence-electron chi connectivity index (χ1n) is 8.72. The van der Waals surface area contributed by atoms with Crippen LogP contribution in [0.4, 0.5) is 4.39 Å². The van der Waals surface area contributed by atoms with Gasteiger partial charge in [0.1, 0.15) is 11.3 Å². The molecule has 0 radical (unpaired) electrons. The molecule has 1 aliphatic rings. The van der Waals surface area contributed by atoms with Crippen molar-refractivity contribution < 1.29 is 18.4 Å². The fraction of sp³-hybridized carbons (Fsp3) is 0.250. The molecule has 0 unspecified atom stereocenters. The lowest BCUT2D eigenvalue weighted by Crippen LogP contribution is -2.33. The summed E-state index contributed by atoms with van der Waals surface area (Å²) in [4.78, 5) is 30.6. The van der Waals surface area contributed by atoms with Crippen LogP contribution in [0.2, 0.25) is 0 Å². The number of rotatable bonds is 3. The number of hydrogen-bond acceptors (Lipinski definition) is 4. The highest BCUT2D eigenvalue weighted by atomic mass is 19.1. The fourth-order valence-electron chi connectivity index (χ4n) is 3.35. The number of hydrogen-bond donors (Lipinski definition) is 1. The minimum absolute atomic E-state index is 0.0445. The van der Waals surface area contributed by atoms with Gasteiger partial charge in [-0.05, 0) is 42.8 Å². The van der Waals surface area contributed by atoms with E-state index in [9.17, 15) is 14.0 Å². The van der Waals surface area contributed by atoms with E-state index in [0.717, 1.165) is 0 Å². The standard InChI is InChI=1S/C20H18FN3O3/c1-22-18(25)14-7-8-24(11-14)20(26)13-5-6-17-16(10-13)23-19(27-17)12-3-2-4-15(21)9-12/h2-6,9-10,14H,7-8,11H2,1H3,(H,22,25)/t14-/m1/s1. The van der Waals surface area contributed by atoms with Gasteiger partial charge in [0.15, 0.2) is 5.58 Å². The maximum Gasteiger partial charge on any atom is 0.253 e. The van der Waals surface area contributed by atoms with Gasteiger partial charge in [-0.2, -0.15) is 0 Å². The van der Waals surface area contributed by atoms with Crippen LogP contribution in [0.5, 0.6) is 0 Å². The summed E-state index contributed by atoms with van der Waals surface area (Å²) in [5.74, 6) is -0.426. The first kappa shape index (κ1) is 17.2.